The molecule has 2 rings (SSSR count). The quantitative estimate of drug-likeness (QED) is 0.778. The van der Waals surface area contributed by atoms with Gasteiger partial charge in [0.25, 0.3) is 0 Å². The molecular formula is C16H29NO3. The molecule has 0 radical (unpaired) electrons. The van der Waals surface area contributed by atoms with Gasteiger partial charge in [0.2, 0.25) is 5.91 Å². The molecule has 4 heteroatoms. The predicted molar refractivity (Wildman–Crippen MR) is 78.4 cm³/mol. The minimum absolute atomic E-state index is 0.132. The van der Waals surface area contributed by atoms with Crippen LogP contribution in [0.25, 0.3) is 0 Å². The van der Waals surface area contributed by atoms with Gasteiger partial charge in [0.05, 0.1) is 6.61 Å². The van der Waals surface area contributed by atoms with E-state index in [1.807, 2.05) is 0 Å². The van der Waals surface area contributed by atoms with E-state index in [1.165, 1.54) is 12.8 Å². The van der Waals surface area contributed by atoms with Gasteiger partial charge >= 0.3 is 0 Å². The number of carbonyl (C=O) groups is 1. The maximum atomic E-state index is 12.5. The summed E-state index contributed by atoms with van der Waals surface area (Å²) in [6, 6.07) is 0. The van der Waals surface area contributed by atoms with Gasteiger partial charge in [-0.3, -0.25) is 4.79 Å². The van der Waals surface area contributed by atoms with E-state index in [2.05, 4.69) is 12.2 Å². The van der Waals surface area contributed by atoms with Crippen molar-refractivity contribution in [1.29, 1.82) is 0 Å². The van der Waals surface area contributed by atoms with Gasteiger partial charge in [-0.25, -0.2) is 0 Å². The SMILES string of the molecule is CC1(C(=O)NCC2(CO)CCOCC2)CCCCCC1. The third-order valence-corrected chi connectivity index (χ3v) is 5.27. The van der Waals surface area contributed by atoms with Gasteiger partial charge in [0, 0.05) is 30.6 Å². The summed E-state index contributed by atoms with van der Waals surface area (Å²) in [7, 11) is 0. The van der Waals surface area contributed by atoms with Crippen molar-refractivity contribution in [3.63, 3.8) is 0 Å². The van der Waals surface area contributed by atoms with Crippen molar-refractivity contribution in [2.45, 2.75) is 58.3 Å². The molecule has 0 aromatic carbocycles. The molecule has 1 saturated carbocycles. The second kappa shape index (κ2) is 6.90. The first kappa shape index (κ1) is 15.8. The number of hydrogen-bond donors (Lipinski definition) is 2. The first-order valence-electron chi connectivity index (χ1n) is 8.07. The van der Waals surface area contributed by atoms with Crippen LogP contribution in [0.15, 0.2) is 0 Å². The largest absolute Gasteiger partial charge is 0.396 e. The molecule has 2 fully saturated rings. The van der Waals surface area contributed by atoms with Crippen LogP contribution in [0, 0.1) is 10.8 Å². The zero-order chi connectivity index (χ0) is 14.5. The van der Waals surface area contributed by atoms with E-state index < -0.39 is 0 Å². The number of rotatable bonds is 4. The van der Waals surface area contributed by atoms with Gasteiger partial charge in [-0.15, -0.1) is 0 Å². The number of aliphatic hydroxyl groups is 1. The van der Waals surface area contributed by atoms with Crippen LogP contribution in [-0.2, 0) is 9.53 Å². The lowest BCUT2D eigenvalue weighted by Crippen LogP contribution is -2.47. The van der Waals surface area contributed by atoms with E-state index in [0.717, 1.165) is 38.5 Å². The van der Waals surface area contributed by atoms with Crippen molar-refractivity contribution in [2.75, 3.05) is 26.4 Å². The summed E-state index contributed by atoms with van der Waals surface area (Å²) < 4.78 is 5.36. The van der Waals surface area contributed by atoms with Gasteiger partial charge in [-0.1, -0.05) is 32.6 Å². The summed E-state index contributed by atoms with van der Waals surface area (Å²) in [5.74, 6) is 0.179. The van der Waals surface area contributed by atoms with Crippen LogP contribution in [-0.4, -0.2) is 37.4 Å². The van der Waals surface area contributed by atoms with E-state index in [1.54, 1.807) is 0 Å². The van der Waals surface area contributed by atoms with Gasteiger partial charge in [0.15, 0.2) is 0 Å². The first-order valence-corrected chi connectivity index (χ1v) is 8.07. The normalized spacial score (nSPS) is 25.7. The average Bonchev–Trinajstić information content (AvgIpc) is 2.71. The highest BCUT2D eigenvalue weighted by atomic mass is 16.5. The van der Waals surface area contributed by atoms with Crippen LogP contribution in [0.4, 0.5) is 0 Å². The fraction of sp³-hybridized carbons (Fsp3) is 0.938. The van der Waals surface area contributed by atoms with E-state index in [9.17, 15) is 9.90 Å². The van der Waals surface area contributed by atoms with Crippen molar-refractivity contribution in [3.05, 3.63) is 0 Å². The summed E-state index contributed by atoms with van der Waals surface area (Å²) in [5, 5.41) is 12.8. The lowest BCUT2D eigenvalue weighted by molar-refractivity contribution is -0.132. The van der Waals surface area contributed by atoms with Gasteiger partial charge < -0.3 is 15.2 Å². The standard InChI is InChI=1S/C16H29NO3/c1-15(6-4-2-3-5-7-15)14(19)17-12-16(13-18)8-10-20-11-9-16/h18H,2-13H2,1H3,(H,17,19). The Balaban J connectivity index is 1.89. The predicted octanol–water partition coefficient (Wildman–Crippen LogP) is 2.25. The van der Waals surface area contributed by atoms with E-state index in [-0.39, 0.29) is 23.3 Å². The summed E-state index contributed by atoms with van der Waals surface area (Å²) in [6.07, 6.45) is 8.47. The molecule has 0 bridgehead atoms. The Hall–Kier alpha value is -0.610. The molecule has 0 unspecified atom stereocenters. The summed E-state index contributed by atoms with van der Waals surface area (Å²) >= 11 is 0. The van der Waals surface area contributed by atoms with Gasteiger partial charge in [-0.05, 0) is 25.7 Å². The molecule has 0 atom stereocenters. The smallest absolute Gasteiger partial charge is 0.225 e. The van der Waals surface area contributed by atoms with E-state index >= 15 is 0 Å². The number of ether oxygens (including phenoxy) is 1. The monoisotopic (exact) mass is 283 g/mol. The van der Waals surface area contributed by atoms with Crippen molar-refractivity contribution in [2.24, 2.45) is 10.8 Å². The Morgan fingerprint density at radius 2 is 1.70 bits per heavy atom. The highest BCUT2D eigenvalue weighted by molar-refractivity contribution is 5.82. The molecule has 116 valence electrons. The number of nitrogens with one attached hydrogen (secondary N) is 1. The van der Waals surface area contributed by atoms with Crippen molar-refractivity contribution < 1.29 is 14.6 Å². The topological polar surface area (TPSA) is 58.6 Å². The lowest BCUT2D eigenvalue weighted by Gasteiger charge is -2.37. The number of amides is 1. The molecule has 1 heterocycles. The Kier molecular flexibility index (Phi) is 5.44. The second-order valence-electron chi connectivity index (χ2n) is 6.93. The van der Waals surface area contributed by atoms with Crippen molar-refractivity contribution in [1.82, 2.24) is 5.32 Å². The number of aliphatic hydroxyl groups excluding tert-OH is 1. The molecule has 0 aromatic rings. The number of hydrogen-bond acceptors (Lipinski definition) is 3. The summed E-state index contributed by atoms with van der Waals surface area (Å²) in [5.41, 5.74) is -0.382. The van der Waals surface area contributed by atoms with Crippen LogP contribution >= 0.6 is 0 Å². The summed E-state index contributed by atoms with van der Waals surface area (Å²) in [6.45, 7) is 4.19. The van der Waals surface area contributed by atoms with Crippen LogP contribution in [0.5, 0.6) is 0 Å². The van der Waals surface area contributed by atoms with E-state index in [0.29, 0.717) is 19.8 Å². The van der Waals surface area contributed by atoms with E-state index in [4.69, 9.17) is 4.74 Å². The minimum atomic E-state index is -0.210. The molecule has 2 N–H and O–H groups in total. The minimum Gasteiger partial charge on any atom is -0.396 e. The molecule has 1 amide bonds. The maximum Gasteiger partial charge on any atom is 0.225 e. The molecule has 20 heavy (non-hydrogen) atoms. The van der Waals surface area contributed by atoms with Crippen LogP contribution in [0.1, 0.15) is 58.3 Å². The molecule has 0 spiro atoms. The molecule has 1 aliphatic heterocycles. The van der Waals surface area contributed by atoms with Crippen LogP contribution in [0.2, 0.25) is 0 Å². The fourth-order valence-electron chi connectivity index (χ4n) is 3.41. The zero-order valence-electron chi connectivity index (χ0n) is 12.7. The summed E-state index contributed by atoms with van der Waals surface area (Å²) in [4.78, 5) is 12.5. The molecule has 1 aliphatic carbocycles. The second-order valence-corrected chi connectivity index (χ2v) is 6.93. The average molecular weight is 283 g/mol. The van der Waals surface area contributed by atoms with Crippen molar-refractivity contribution in [3.8, 4) is 0 Å². The Labute approximate surface area is 122 Å². The number of carbonyl (C=O) groups excluding carboxylic acids is 1. The fourth-order valence-corrected chi connectivity index (χ4v) is 3.41. The molecule has 1 saturated heterocycles. The Morgan fingerprint density at radius 3 is 2.25 bits per heavy atom. The Morgan fingerprint density at radius 1 is 1.10 bits per heavy atom. The third-order valence-electron chi connectivity index (χ3n) is 5.27. The lowest BCUT2D eigenvalue weighted by atomic mass is 9.79. The highest BCUT2D eigenvalue weighted by Crippen LogP contribution is 2.35. The molecule has 0 aromatic heterocycles. The van der Waals surface area contributed by atoms with Crippen LogP contribution < -0.4 is 5.32 Å². The zero-order valence-corrected chi connectivity index (χ0v) is 12.7. The van der Waals surface area contributed by atoms with Gasteiger partial charge in [-0.2, -0.15) is 0 Å². The van der Waals surface area contributed by atoms with Crippen molar-refractivity contribution >= 4 is 5.91 Å². The third kappa shape index (κ3) is 3.73. The molecule has 4 nitrogen and oxygen atoms in total. The molecule has 2 aliphatic rings. The van der Waals surface area contributed by atoms with Crippen LogP contribution in [0.3, 0.4) is 0 Å². The maximum absolute atomic E-state index is 12.5. The molecular weight excluding hydrogens is 254 g/mol. The first-order chi connectivity index (χ1) is 9.60. The Bertz CT molecular complexity index is 316. The van der Waals surface area contributed by atoms with Gasteiger partial charge in [0.1, 0.15) is 0 Å². The highest BCUT2D eigenvalue weighted by Gasteiger charge is 2.37.